The van der Waals surface area contributed by atoms with Gasteiger partial charge in [0.25, 0.3) is 0 Å². The van der Waals surface area contributed by atoms with Crippen molar-refractivity contribution >= 4 is 22.5 Å². The van der Waals surface area contributed by atoms with Crippen LogP contribution in [-0.4, -0.2) is 53.3 Å². The summed E-state index contributed by atoms with van der Waals surface area (Å²) in [5.41, 5.74) is -0.338. The summed E-state index contributed by atoms with van der Waals surface area (Å²) in [6.45, 7) is 0.182. The van der Waals surface area contributed by atoms with Gasteiger partial charge in [-0.2, -0.15) is 0 Å². The normalized spacial score (nSPS) is 17.3. The van der Waals surface area contributed by atoms with Crippen molar-refractivity contribution in [2.24, 2.45) is 0 Å². The van der Waals surface area contributed by atoms with E-state index in [9.17, 15) is 18.7 Å². The van der Waals surface area contributed by atoms with E-state index in [1.54, 1.807) is 0 Å². The third-order valence-electron chi connectivity index (χ3n) is 6.44. The molecule has 0 amide bonds. The zero-order valence-electron chi connectivity index (χ0n) is 20.6. The van der Waals surface area contributed by atoms with E-state index >= 15 is 8.78 Å². The highest BCUT2D eigenvalue weighted by Gasteiger charge is 2.28. The molecule has 12 heteroatoms. The van der Waals surface area contributed by atoms with E-state index in [1.165, 1.54) is 19.5 Å². The van der Waals surface area contributed by atoms with Gasteiger partial charge in [-0.3, -0.25) is 4.79 Å². The largest absolute Gasteiger partial charge is 0.493 e. The molecule has 0 bridgehead atoms. The van der Waals surface area contributed by atoms with E-state index in [0.29, 0.717) is 30.7 Å². The van der Waals surface area contributed by atoms with Crippen LogP contribution in [0.3, 0.4) is 0 Å². The minimum atomic E-state index is -1.29. The number of aliphatic hydroxyl groups excluding tert-OH is 1. The molecule has 0 radical (unpaired) electrons. The van der Waals surface area contributed by atoms with Gasteiger partial charge >= 0.3 is 0 Å². The Morgan fingerprint density at radius 1 is 1.15 bits per heavy atom. The number of hydrogen-bond acceptors (Lipinski definition) is 7. The lowest BCUT2D eigenvalue weighted by Crippen LogP contribution is -2.36. The lowest BCUT2D eigenvalue weighted by atomic mass is 10.00. The van der Waals surface area contributed by atoms with Crippen LogP contribution < -0.4 is 14.8 Å². The predicted octanol–water partition coefficient (Wildman–Crippen LogP) is 5.10. The van der Waals surface area contributed by atoms with Gasteiger partial charge in [0.05, 0.1) is 54.8 Å². The number of benzene rings is 2. The number of carbonyl (C=O) groups excluding carboxylic acids is 1. The Hall–Kier alpha value is -4.16. The molecule has 39 heavy (non-hydrogen) atoms. The van der Waals surface area contributed by atoms with Crippen LogP contribution in [0.15, 0.2) is 42.7 Å². The zero-order chi connectivity index (χ0) is 27.7. The number of aliphatic hydroxyl groups is 1. The van der Waals surface area contributed by atoms with Crippen molar-refractivity contribution in [2.45, 2.75) is 25.0 Å². The summed E-state index contributed by atoms with van der Waals surface area (Å²) in [5.74, 6) is -6.79. The molecule has 1 fully saturated rings. The first-order chi connectivity index (χ1) is 18.8. The standard InChI is InChI=1S/C27H23F4N3O5/c1-37-21-10-33-27-22(24(21)34-13-5-6-14(11-35)38-12-13)16(9-32-27)25(36)23-19(30)7-15(8-20(23)31)39-26-17(28)3-2-4-18(26)29/h2-4,7-10,13-14,35H,5-6,11-12H2,1H3,(H2,32,33,34)/t13-,14+/m1/s1. The molecule has 2 aromatic heterocycles. The molecule has 5 rings (SSSR count). The number of para-hydroxylation sites is 1. The van der Waals surface area contributed by atoms with Gasteiger partial charge in [0, 0.05) is 24.4 Å². The molecule has 1 aliphatic heterocycles. The highest BCUT2D eigenvalue weighted by molar-refractivity contribution is 6.19. The van der Waals surface area contributed by atoms with Crippen molar-refractivity contribution in [3.63, 3.8) is 0 Å². The number of carbonyl (C=O) groups is 1. The Morgan fingerprint density at radius 2 is 1.87 bits per heavy atom. The minimum Gasteiger partial charge on any atom is -0.493 e. The van der Waals surface area contributed by atoms with Crippen molar-refractivity contribution < 1.29 is 41.7 Å². The molecule has 0 unspecified atom stereocenters. The first kappa shape index (κ1) is 26.4. The third kappa shape index (κ3) is 5.12. The number of anilines is 1. The second-order valence-corrected chi connectivity index (χ2v) is 8.93. The van der Waals surface area contributed by atoms with Gasteiger partial charge in [0.2, 0.25) is 5.78 Å². The predicted molar refractivity (Wildman–Crippen MR) is 132 cm³/mol. The van der Waals surface area contributed by atoms with E-state index in [1.807, 2.05) is 0 Å². The molecule has 1 aliphatic rings. The molecule has 3 N–H and O–H groups in total. The number of ether oxygens (including phenoxy) is 3. The number of pyridine rings is 1. The van der Waals surface area contributed by atoms with Crippen LogP contribution in [0.1, 0.15) is 28.8 Å². The highest BCUT2D eigenvalue weighted by atomic mass is 19.1. The van der Waals surface area contributed by atoms with E-state index in [4.69, 9.17) is 14.2 Å². The third-order valence-corrected chi connectivity index (χ3v) is 6.44. The maximum atomic E-state index is 15.1. The summed E-state index contributed by atoms with van der Waals surface area (Å²) in [4.78, 5) is 20.5. The SMILES string of the molecule is COc1cnc2[nH]cc(C(=O)c3c(F)cc(Oc4c(F)cccc4F)cc3F)c2c1N[C@@H]1CC[C@@H](CO)OC1. The molecule has 3 heterocycles. The minimum absolute atomic E-state index is 0.0875. The molecular weight excluding hydrogens is 522 g/mol. The van der Waals surface area contributed by atoms with Crippen molar-refractivity contribution in [1.82, 2.24) is 9.97 Å². The van der Waals surface area contributed by atoms with Gasteiger partial charge in [0.15, 0.2) is 23.1 Å². The van der Waals surface area contributed by atoms with E-state index < -0.39 is 46.1 Å². The number of nitrogens with zero attached hydrogens (tertiary/aromatic N) is 1. The number of nitrogens with one attached hydrogen (secondary N) is 2. The van der Waals surface area contributed by atoms with Crippen molar-refractivity contribution in [3.8, 4) is 17.2 Å². The van der Waals surface area contributed by atoms with Crippen LogP contribution in [0.4, 0.5) is 23.2 Å². The van der Waals surface area contributed by atoms with Crippen LogP contribution in [0.25, 0.3) is 11.0 Å². The quantitative estimate of drug-likeness (QED) is 0.209. The lowest BCUT2D eigenvalue weighted by molar-refractivity contribution is -0.0223. The van der Waals surface area contributed by atoms with Crippen LogP contribution in [0.5, 0.6) is 17.2 Å². The number of ketones is 1. The summed E-state index contributed by atoms with van der Waals surface area (Å²) >= 11 is 0. The molecule has 204 valence electrons. The van der Waals surface area contributed by atoms with Gasteiger partial charge in [-0.25, -0.2) is 22.5 Å². The van der Waals surface area contributed by atoms with E-state index in [-0.39, 0.29) is 47.7 Å². The Kier molecular flexibility index (Phi) is 7.40. The number of aromatic amines is 1. The van der Waals surface area contributed by atoms with Gasteiger partial charge in [-0.05, 0) is 25.0 Å². The van der Waals surface area contributed by atoms with Crippen LogP contribution in [0.2, 0.25) is 0 Å². The maximum Gasteiger partial charge on any atom is 0.201 e. The number of fused-ring (bicyclic) bond motifs is 1. The molecule has 8 nitrogen and oxygen atoms in total. The van der Waals surface area contributed by atoms with Gasteiger partial charge in [0.1, 0.15) is 23.0 Å². The van der Waals surface area contributed by atoms with Crippen LogP contribution >= 0.6 is 0 Å². The van der Waals surface area contributed by atoms with Gasteiger partial charge in [-0.15, -0.1) is 0 Å². The molecule has 0 saturated carbocycles. The fraction of sp³-hybridized carbons (Fsp3) is 0.259. The average molecular weight is 545 g/mol. The number of halogens is 4. The topological polar surface area (TPSA) is 106 Å². The lowest BCUT2D eigenvalue weighted by Gasteiger charge is -2.29. The van der Waals surface area contributed by atoms with Crippen molar-refractivity contribution in [3.05, 3.63) is 77.1 Å². The number of H-pyrrole nitrogens is 1. The van der Waals surface area contributed by atoms with Gasteiger partial charge in [-0.1, -0.05) is 6.07 Å². The Morgan fingerprint density at radius 3 is 2.49 bits per heavy atom. The average Bonchev–Trinajstić information content (AvgIpc) is 3.36. The maximum absolute atomic E-state index is 15.1. The van der Waals surface area contributed by atoms with Gasteiger partial charge < -0.3 is 29.6 Å². The van der Waals surface area contributed by atoms with E-state index in [0.717, 1.165) is 18.2 Å². The molecule has 4 aromatic rings. The van der Waals surface area contributed by atoms with Crippen molar-refractivity contribution in [2.75, 3.05) is 25.6 Å². The Balaban J connectivity index is 1.50. The number of rotatable bonds is 8. The summed E-state index contributed by atoms with van der Waals surface area (Å²) < 4.78 is 74.2. The summed E-state index contributed by atoms with van der Waals surface area (Å²) in [7, 11) is 1.41. The first-order valence-corrected chi connectivity index (χ1v) is 12.0. The molecule has 2 atom stereocenters. The number of hydrogen-bond donors (Lipinski definition) is 3. The fourth-order valence-electron chi connectivity index (χ4n) is 4.48. The van der Waals surface area contributed by atoms with E-state index in [2.05, 4.69) is 15.3 Å². The summed E-state index contributed by atoms with van der Waals surface area (Å²) in [6, 6.07) is 4.12. The second kappa shape index (κ2) is 10.9. The first-order valence-electron chi connectivity index (χ1n) is 12.0. The van der Waals surface area contributed by atoms with Crippen molar-refractivity contribution in [1.29, 1.82) is 0 Å². The fourth-order valence-corrected chi connectivity index (χ4v) is 4.48. The number of aromatic nitrogens is 2. The smallest absolute Gasteiger partial charge is 0.201 e. The molecular formula is C27H23F4N3O5. The van der Waals surface area contributed by atoms with Crippen LogP contribution in [-0.2, 0) is 4.74 Å². The number of methoxy groups -OCH3 is 1. The summed E-state index contributed by atoms with van der Waals surface area (Å²) in [5, 5.41) is 12.8. The Bertz CT molecular complexity index is 1490. The highest BCUT2D eigenvalue weighted by Crippen LogP contribution is 2.37. The zero-order valence-corrected chi connectivity index (χ0v) is 20.6. The molecule has 2 aromatic carbocycles. The summed E-state index contributed by atoms with van der Waals surface area (Å²) in [6.07, 6.45) is 3.71. The second-order valence-electron chi connectivity index (χ2n) is 8.93. The molecule has 1 saturated heterocycles. The van der Waals surface area contributed by atoms with Crippen LogP contribution in [0, 0.1) is 23.3 Å². The molecule has 0 aliphatic carbocycles. The molecule has 0 spiro atoms. The monoisotopic (exact) mass is 545 g/mol. The Labute approximate surface area is 219 Å².